The molecule has 0 aliphatic carbocycles. The molecule has 8 nitrogen and oxygen atoms in total. The minimum atomic E-state index is -0.144. The van der Waals surface area contributed by atoms with Crippen LogP contribution in [0.25, 0.3) is 5.65 Å². The van der Waals surface area contributed by atoms with Gasteiger partial charge in [0, 0.05) is 31.1 Å². The lowest BCUT2D eigenvalue weighted by atomic mass is 9.99. The fourth-order valence-corrected chi connectivity index (χ4v) is 3.45. The number of ether oxygens (including phenoxy) is 1. The third kappa shape index (κ3) is 3.08. The lowest BCUT2D eigenvalue weighted by Gasteiger charge is -2.25. The number of rotatable bonds is 5. The Kier molecular flexibility index (Phi) is 4.42. The maximum absolute atomic E-state index is 12.5. The molecule has 2 N–H and O–H groups in total. The molecule has 0 unspecified atom stereocenters. The van der Waals surface area contributed by atoms with Crippen LogP contribution in [0.2, 0.25) is 0 Å². The Balaban J connectivity index is 1.35. The summed E-state index contributed by atoms with van der Waals surface area (Å²) in [5.41, 5.74) is 3.19. The van der Waals surface area contributed by atoms with Gasteiger partial charge < -0.3 is 10.1 Å². The van der Waals surface area contributed by atoms with Crippen molar-refractivity contribution >= 4 is 11.6 Å². The SMILES string of the molecule is C[C@@H]1Cc2c(C(=O)NCCCc3nnc4ccccn34)n[nH]c2[C@H](C)O1. The van der Waals surface area contributed by atoms with Gasteiger partial charge in [-0.05, 0) is 32.4 Å². The number of aryl methyl sites for hydroxylation is 1. The van der Waals surface area contributed by atoms with E-state index in [1.807, 2.05) is 42.6 Å². The summed E-state index contributed by atoms with van der Waals surface area (Å²) in [5.74, 6) is 0.752. The molecule has 8 heteroatoms. The van der Waals surface area contributed by atoms with Crippen molar-refractivity contribution in [1.29, 1.82) is 0 Å². The molecular formula is C18H22N6O2. The molecule has 0 fully saturated rings. The van der Waals surface area contributed by atoms with Gasteiger partial charge in [-0.1, -0.05) is 6.07 Å². The summed E-state index contributed by atoms with van der Waals surface area (Å²) >= 11 is 0. The molecule has 0 saturated carbocycles. The van der Waals surface area contributed by atoms with Crippen LogP contribution in [0.3, 0.4) is 0 Å². The van der Waals surface area contributed by atoms with Gasteiger partial charge in [0.25, 0.3) is 5.91 Å². The Labute approximate surface area is 151 Å². The summed E-state index contributed by atoms with van der Waals surface area (Å²) in [5, 5.41) is 18.5. The summed E-state index contributed by atoms with van der Waals surface area (Å²) in [4.78, 5) is 12.5. The summed E-state index contributed by atoms with van der Waals surface area (Å²) in [7, 11) is 0. The summed E-state index contributed by atoms with van der Waals surface area (Å²) in [6, 6.07) is 5.81. The molecule has 0 spiro atoms. The number of nitrogens with one attached hydrogen (secondary N) is 2. The first-order valence-corrected chi connectivity index (χ1v) is 8.93. The Hall–Kier alpha value is -2.74. The van der Waals surface area contributed by atoms with Crippen LogP contribution in [0.1, 0.15) is 53.9 Å². The highest BCUT2D eigenvalue weighted by Crippen LogP contribution is 2.29. The van der Waals surface area contributed by atoms with Crippen LogP contribution in [0.15, 0.2) is 24.4 Å². The number of pyridine rings is 1. The number of hydrogen-bond acceptors (Lipinski definition) is 5. The first-order valence-electron chi connectivity index (χ1n) is 8.93. The highest BCUT2D eigenvalue weighted by atomic mass is 16.5. The van der Waals surface area contributed by atoms with E-state index in [1.54, 1.807) is 0 Å². The Morgan fingerprint density at radius 1 is 1.38 bits per heavy atom. The third-order valence-corrected chi connectivity index (χ3v) is 4.70. The zero-order valence-corrected chi connectivity index (χ0v) is 14.9. The predicted molar refractivity (Wildman–Crippen MR) is 94.9 cm³/mol. The molecule has 4 heterocycles. The smallest absolute Gasteiger partial charge is 0.272 e. The van der Waals surface area contributed by atoms with E-state index in [2.05, 4.69) is 25.7 Å². The zero-order valence-electron chi connectivity index (χ0n) is 14.9. The fourth-order valence-electron chi connectivity index (χ4n) is 3.45. The molecule has 3 aromatic rings. The predicted octanol–water partition coefficient (Wildman–Crippen LogP) is 1.84. The average Bonchev–Trinajstić information content (AvgIpc) is 3.23. The van der Waals surface area contributed by atoms with Crippen molar-refractivity contribution in [2.24, 2.45) is 0 Å². The van der Waals surface area contributed by atoms with E-state index >= 15 is 0 Å². The van der Waals surface area contributed by atoms with E-state index in [9.17, 15) is 4.79 Å². The zero-order chi connectivity index (χ0) is 18.1. The second kappa shape index (κ2) is 6.87. The highest BCUT2D eigenvalue weighted by Gasteiger charge is 2.29. The quantitative estimate of drug-likeness (QED) is 0.682. The number of carbonyl (C=O) groups excluding carboxylic acids is 1. The molecule has 26 heavy (non-hydrogen) atoms. The molecule has 3 aromatic heterocycles. The van der Waals surface area contributed by atoms with Crippen LogP contribution < -0.4 is 5.32 Å². The maximum Gasteiger partial charge on any atom is 0.272 e. The van der Waals surface area contributed by atoms with E-state index < -0.39 is 0 Å². The highest BCUT2D eigenvalue weighted by molar-refractivity contribution is 5.94. The summed E-state index contributed by atoms with van der Waals surface area (Å²) in [6.45, 7) is 4.54. The molecule has 0 saturated heterocycles. The molecule has 4 rings (SSSR count). The Bertz CT molecular complexity index is 931. The molecule has 136 valence electrons. The first kappa shape index (κ1) is 16.7. The van der Waals surface area contributed by atoms with Crippen molar-refractivity contribution in [3.8, 4) is 0 Å². The lowest BCUT2D eigenvalue weighted by molar-refractivity contribution is -0.00697. The number of H-pyrrole nitrogens is 1. The molecule has 0 aromatic carbocycles. The number of hydrogen-bond donors (Lipinski definition) is 2. The van der Waals surface area contributed by atoms with Crippen LogP contribution in [0, 0.1) is 0 Å². The number of amides is 1. The second-order valence-electron chi connectivity index (χ2n) is 6.66. The average molecular weight is 354 g/mol. The van der Waals surface area contributed by atoms with Gasteiger partial charge in [-0.15, -0.1) is 10.2 Å². The van der Waals surface area contributed by atoms with Crippen molar-refractivity contribution in [2.45, 2.75) is 45.3 Å². The van der Waals surface area contributed by atoms with Gasteiger partial charge in [-0.25, -0.2) is 0 Å². The van der Waals surface area contributed by atoms with Crippen LogP contribution >= 0.6 is 0 Å². The third-order valence-electron chi connectivity index (χ3n) is 4.70. The number of aromatic nitrogens is 5. The van der Waals surface area contributed by atoms with Crippen molar-refractivity contribution in [1.82, 2.24) is 30.1 Å². The van der Waals surface area contributed by atoms with E-state index in [0.29, 0.717) is 18.7 Å². The Morgan fingerprint density at radius 2 is 2.27 bits per heavy atom. The lowest BCUT2D eigenvalue weighted by Crippen LogP contribution is -2.28. The van der Waals surface area contributed by atoms with Gasteiger partial charge in [0.05, 0.1) is 17.9 Å². The molecule has 1 aliphatic rings. The maximum atomic E-state index is 12.5. The largest absolute Gasteiger partial charge is 0.369 e. The molecule has 1 amide bonds. The van der Waals surface area contributed by atoms with Crippen LogP contribution in [0.4, 0.5) is 0 Å². The van der Waals surface area contributed by atoms with Crippen molar-refractivity contribution in [3.05, 3.63) is 47.2 Å². The standard InChI is InChI=1S/C18H22N6O2/c1-11-10-13-16(12(2)26-11)22-23-17(13)18(25)19-8-5-7-15-21-20-14-6-3-4-9-24(14)15/h3-4,6,9,11-12H,5,7-8,10H2,1-2H3,(H,19,25)(H,22,23)/t11-,12+/m1/s1. The van der Waals surface area contributed by atoms with E-state index in [-0.39, 0.29) is 18.1 Å². The number of carbonyl (C=O) groups is 1. The van der Waals surface area contributed by atoms with Gasteiger partial charge in [-0.3, -0.25) is 14.3 Å². The monoisotopic (exact) mass is 354 g/mol. The van der Waals surface area contributed by atoms with E-state index in [0.717, 1.165) is 35.6 Å². The van der Waals surface area contributed by atoms with Gasteiger partial charge in [0.1, 0.15) is 5.82 Å². The fraction of sp³-hybridized carbons (Fsp3) is 0.444. The minimum Gasteiger partial charge on any atom is -0.369 e. The van der Waals surface area contributed by atoms with Crippen molar-refractivity contribution < 1.29 is 9.53 Å². The van der Waals surface area contributed by atoms with Crippen LogP contribution in [0.5, 0.6) is 0 Å². The van der Waals surface area contributed by atoms with Crippen molar-refractivity contribution in [2.75, 3.05) is 6.54 Å². The number of fused-ring (bicyclic) bond motifs is 2. The second-order valence-corrected chi connectivity index (χ2v) is 6.66. The molecular weight excluding hydrogens is 332 g/mol. The summed E-state index contributed by atoms with van der Waals surface area (Å²) in [6.07, 6.45) is 4.19. The van der Waals surface area contributed by atoms with Gasteiger partial charge in [0.15, 0.2) is 11.3 Å². The molecule has 1 aliphatic heterocycles. The van der Waals surface area contributed by atoms with Gasteiger partial charge >= 0.3 is 0 Å². The normalized spacial score (nSPS) is 19.5. The van der Waals surface area contributed by atoms with Crippen LogP contribution in [-0.4, -0.2) is 43.4 Å². The summed E-state index contributed by atoms with van der Waals surface area (Å²) < 4.78 is 7.73. The van der Waals surface area contributed by atoms with Gasteiger partial charge in [-0.2, -0.15) is 5.10 Å². The molecule has 0 bridgehead atoms. The number of nitrogens with zero attached hydrogens (tertiary/aromatic N) is 4. The topological polar surface area (TPSA) is 97.2 Å². The van der Waals surface area contributed by atoms with E-state index in [1.165, 1.54) is 0 Å². The number of aromatic amines is 1. The Morgan fingerprint density at radius 3 is 3.15 bits per heavy atom. The molecule has 2 atom stereocenters. The first-order chi connectivity index (χ1) is 12.6. The molecule has 0 radical (unpaired) electrons. The van der Waals surface area contributed by atoms with E-state index in [4.69, 9.17) is 4.74 Å². The van der Waals surface area contributed by atoms with Crippen molar-refractivity contribution in [3.63, 3.8) is 0 Å². The minimum absolute atomic E-state index is 0.0657. The van der Waals surface area contributed by atoms with Crippen LogP contribution in [-0.2, 0) is 17.6 Å². The van der Waals surface area contributed by atoms with Gasteiger partial charge in [0.2, 0.25) is 0 Å².